The number of ether oxygens (including phenoxy) is 1. The van der Waals surface area contributed by atoms with E-state index in [1.54, 1.807) is 27.3 Å². The molecule has 0 fully saturated rings. The molecule has 4 aromatic rings. The van der Waals surface area contributed by atoms with Gasteiger partial charge in [0, 0.05) is 20.4 Å². The first-order valence-corrected chi connectivity index (χ1v) is 12.3. The van der Waals surface area contributed by atoms with E-state index in [0.29, 0.717) is 47.0 Å². The maximum atomic E-state index is 12.7. The van der Waals surface area contributed by atoms with Gasteiger partial charge in [0.15, 0.2) is 5.58 Å². The molecule has 0 saturated heterocycles. The Balaban J connectivity index is 1.89. The van der Waals surface area contributed by atoms with Crippen LogP contribution < -0.4 is 10.5 Å². The van der Waals surface area contributed by atoms with Gasteiger partial charge in [-0.2, -0.15) is 0 Å². The molecule has 2 aromatic carbocycles. The summed E-state index contributed by atoms with van der Waals surface area (Å²) >= 11 is 1.14. The predicted molar refractivity (Wildman–Crippen MR) is 136 cm³/mol. The van der Waals surface area contributed by atoms with Gasteiger partial charge < -0.3 is 13.6 Å². The number of nitrogens with zero attached hydrogens (tertiary/aromatic N) is 3. The number of carbonyl (C=O) groups is 1. The highest BCUT2D eigenvalue weighted by Gasteiger charge is 2.19. The molecule has 0 N–H and O–H groups in total. The molecule has 35 heavy (non-hydrogen) atoms. The van der Waals surface area contributed by atoms with E-state index in [0.717, 1.165) is 39.6 Å². The fraction of sp³-hybridized carbons (Fsp3) is 0.308. The van der Waals surface area contributed by atoms with Crippen LogP contribution in [0, 0.1) is 20.8 Å². The van der Waals surface area contributed by atoms with Crippen molar-refractivity contribution in [3.05, 3.63) is 80.5 Å². The van der Waals surface area contributed by atoms with Crippen LogP contribution in [-0.4, -0.2) is 33.2 Å². The summed E-state index contributed by atoms with van der Waals surface area (Å²) in [5.74, 6) is 1.24. The van der Waals surface area contributed by atoms with Gasteiger partial charge in [-0.3, -0.25) is 9.36 Å². The minimum absolute atomic E-state index is 0.0728. The Morgan fingerprint density at radius 1 is 1.09 bits per heavy atom. The van der Waals surface area contributed by atoms with E-state index in [2.05, 4.69) is 16.3 Å². The van der Waals surface area contributed by atoms with Crippen molar-refractivity contribution in [1.29, 1.82) is 0 Å². The van der Waals surface area contributed by atoms with Crippen molar-refractivity contribution in [2.45, 2.75) is 33.6 Å². The average Bonchev–Trinajstić information content (AvgIpc) is 3.38. The number of aromatic nitrogens is 3. The number of oxazole rings is 1. The lowest BCUT2D eigenvalue weighted by Gasteiger charge is -2.16. The quantitative estimate of drug-likeness (QED) is 0.354. The van der Waals surface area contributed by atoms with Crippen molar-refractivity contribution in [3.63, 3.8) is 0 Å². The van der Waals surface area contributed by atoms with Gasteiger partial charge in [0.2, 0.25) is 16.9 Å². The molecular weight excluding hydrogens is 466 g/mol. The van der Waals surface area contributed by atoms with Crippen LogP contribution in [0.4, 0.5) is 0 Å². The molecule has 0 saturated carbocycles. The Morgan fingerprint density at radius 2 is 1.80 bits per heavy atom. The molecule has 0 spiro atoms. The average molecular weight is 494 g/mol. The second-order valence-corrected chi connectivity index (χ2v) is 9.08. The Morgan fingerprint density at radius 3 is 2.46 bits per heavy atom. The van der Waals surface area contributed by atoms with Crippen molar-refractivity contribution in [2.24, 2.45) is 7.05 Å². The molecule has 0 atom stereocenters. The lowest BCUT2D eigenvalue weighted by molar-refractivity contribution is 0.108. The largest absolute Gasteiger partial charge is 0.496 e. The predicted octanol–water partition coefficient (Wildman–Crippen LogP) is 5.02. The highest BCUT2D eigenvalue weighted by Crippen LogP contribution is 2.35. The number of methoxy groups -OCH3 is 1. The third-order valence-electron chi connectivity index (χ3n) is 5.86. The zero-order valence-electron chi connectivity index (χ0n) is 20.6. The zero-order valence-corrected chi connectivity index (χ0v) is 21.4. The van der Waals surface area contributed by atoms with Gasteiger partial charge >= 0.3 is 5.76 Å². The highest BCUT2D eigenvalue weighted by atomic mass is 32.2. The molecule has 0 radical (unpaired) electrons. The van der Waals surface area contributed by atoms with E-state index >= 15 is 0 Å². The van der Waals surface area contributed by atoms with Crippen LogP contribution in [0.25, 0.3) is 16.7 Å². The number of hydrogen-bond acceptors (Lipinski definition) is 8. The first kappa shape index (κ1) is 24.5. The molecule has 2 heterocycles. The Kier molecular flexibility index (Phi) is 6.98. The molecule has 8 nitrogen and oxygen atoms in total. The van der Waals surface area contributed by atoms with Crippen molar-refractivity contribution >= 4 is 33.5 Å². The summed E-state index contributed by atoms with van der Waals surface area (Å²) in [4.78, 5) is 24.9. The van der Waals surface area contributed by atoms with Gasteiger partial charge in [-0.15, -0.1) is 10.2 Å². The molecule has 182 valence electrons. The molecule has 0 amide bonds. The van der Waals surface area contributed by atoms with E-state index in [4.69, 9.17) is 13.6 Å². The summed E-state index contributed by atoms with van der Waals surface area (Å²) in [6, 6.07) is 7.79. The van der Waals surface area contributed by atoms with E-state index in [-0.39, 0.29) is 5.12 Å². The minimum Gasteiger partial charge on any atom is -0.496 e. The summed E-state index contributed by atoms with van der Waals surface area (Å²) < 4.78 is 18.0. The summed E-state index contributed by atoms with van der Waals surface area (Å²) in [5.41, 5.74) is 6.17. The van der Waals surface area contributed by atoms with E-state index in [1.807, 2.05) is 38.1 Å². The van der Waals surface area contributed by atoms with Crippen molar-refractivity contribution in [2.75, 3.05) is 13.4 Å². The van der Waals surface area contributed by atoms with Gasteiger partial charge in [-0.25, -0.2) is 4.79 Å². The molecule has 0 unspecified atom stereocenters. The van der Waals surface area contributed by atoms with Crippen LogP contribution in [0.15, 0.2) is 44.0 Å². The van der Waals surface area contributed by atoms with Crippen molar-refractivity contribution in [3.8, 4) is 5.75 Å². The van der Waals surface area contributed by atoms with Gasteiger partial charge in [0.25, 0.3) is 0 Å². The number of benzene rings is 2. The van der Waals surface area contributed by atoms with Crippen LogP contribution in [-0.2, 0) is 13.5 Å². The second-order valence-electron chi connectivity index (χ2n) is 8.31. The SMILES string of the molecule is COc1c(C)cc(/C(=C\CCc2nnc(C)o2)c2cc(C)c3oc(=O)n(C)c3c2)cc1C(=O)SC. The fourth-order valence-corrected chi connectivity index (χ4v) is 4.56. The van der Waals surface area contributed by atoms with E-state index in [1.165, 1.54) is 4.57 Å². The number of hydrogen-bond donors (Lipinski definition) is 0. The molecule has 0 aliphatic carbocycles. The lowest BCUT2D eigenvalue weighted by atomic mass is 9.92. The topological polar surface area (TPSA) is 100 Å². The van der Waals surface area contributed by atoms with E-state index < -0.39 is 5.76 Å². The monoisotopic (exact) mass is 493 g/mol. The van der Waals surface area contributed by atoms with Crippen LogP contribution in [0.3, 0.4) is 0 Å². The van der Waals surface area contributed by atoms with Crippen LogP contribution in [0.2, 0.25) is 0 Å². The third kappa shape index (κ3) is 4.81. The minimum atomic E-state index is -0.411. The van der Waals surface area contributed by atoms with Crippen LogP contribution in [0.5, 0.6) is 5.75 Å². The first-order valence-electron chi connectivity index (χ1n) is 11.1. The van der Waals surface area contributed by atoms with Gasteiger partial charge in [0.1, 0.15) is 5.75 Å². The summed E-state index contributed by atoms with van der Waals surface area (Å²) in [7, 11) is 3.25. The molecule has 0 bridgehead atoms. The van der Waals surface area contributed by atoms with Gasteiger partial charge in [-0.1, -0.05) is 17.8 Å². The molecular formula is C26H27N3O5S. The molecule has 4 rings (SSSR count). The summed E-state index contributed by atoms with van der Waals surface area (Å²) in [6.45, 7) is 5.59. The maximum Gasteiger partial charge on any atom is 0.419 e. The molecule has 0 aliphatic heterocycles. The van der Waals surface area contributed by atoms with Crippen LogP contribution >= 0.6 is 11.8 Å². The third-order valence-corrected chi connectivity index (χ3v) is 6.45. The summed E-state index contributed by atoms with van der Waals surface area (Å²) in [5, 5.41) is 7.91. The molecule has 2 aromatic heterocycles. The molecule has 0 aliphatic rings. The summed E-state index contributed by atoms with van der Waals surface area (Å²) in [6.07, 6.45) is 5.05. The van der Waals surface area contributed by atoms with Gasteiger partial charge in [0.05, 0.1) is 18.2 Å². The van der Waals surface area contributed by atoms with Crippen molar-refractivity contribution < 1.29 is 18.4 Å². The molecule has 9 heteroatoms. The first-order chi connectivity index (χ1) is 16.7. The smallest absolute Gasteiger partial charge is 0.419 e. The van der Waals surface area contributed by atoms with E-state index in [9.17, 15) is 9.59 Å². The van der Waals surface area contributed by atoms with Crippen molar-refractivity contribution in [1.82, 2.24) is 14.8 Å². The maximum absolute atomic E-state index is 12.7. The zero-order chi connectivity index (χ0) is 25.3. The fourth-order valence-electron chi connectivity index (χ4n) is 4.19. The second kappa shape index (κ2) is 9.95. The number of fused-ring (bicyclic) bond motifs is 1. The number of rotatable bonds is 7. The Labute approximate surface area is 207 Å². The van der Waals surface area contributed by atoms with Crippen LogP contribution in [0.1, 0.15) is 50.8 Å². The normalized spacial score (nSPS) is 11.9. The number of thioether (sulfide) groups is 1. The number of allylic oxidation sites excluding steroid dienone is 1. The van der Waals surface area contributed by atoms with Gasteiger partial charge in [-0.05, 0) is 78.6 Å². The highest BCUT2D eigenvalue weighted by molar-refractivity contribution is 8.13. The number of aryl methyl sites for hydroxylation is 5. The number of carbonyl (C=O) groups excluding carboxylic acids is 1. The lowest BCUT2D eigenvalue weighted by Crippen LogP contribution is -2.08. The Bertz CT molecular complexity index is 1510. The Hall–Kier alpha value is -3.59. The standard InChI is InChI=1S/C26H27N3O5S/c1-14-10-17(12-20(23(14)32-5)25(30)35-6)19(8-7-9-22-28-27-16(3)33-22)18-11-15(2)24-21(13-18)29(4)26(31)34-24/h8,10-13H,7,9H2,1-6H3/b19-8+.